The molecule has 0 saturated heterocycles. The van der Waals surface area contributed by atoms with Gasteiger partial charge in [-0.25, -0.2) is 10.2 Å². The van der Waals surface area contributed by atoms with E-state index < -0.39 is 11.9 Å². The van der Waals surface area contributed by atoms with Crippen LogP contribution in [0.4, 0.5) is 4.79 Å². The summed E-state index contributed by atoms with van der Waals surface area (Å²) in [5.41, 5.74) is 4.76. The van der Waals surface area contributed by atoms with Crippen molar-refractivity contribution in [2.24, 2.45) is 0 Å². The second kappa shape index (κ2) is 9.20. The number of urea groups is 1. The molecule has 0 fully saturated rings. The van der Waals surface area contributed by atoms with Gasteiger partial charge in [-0.2, -0.15) is 5.26 Å². The van der Waals surface area contributed by atoms with Gasteiger partial charge in [0.25, 0.3) is 5.91 Å². The van der Waals surface area contributed by atoms with Crippen LogP contribution in [0.3, 0.4) is 0 Å². The molecule has 1 aromatic carbocycles. The number of nitrogens with zero attached hydrogens (tertiary/aromatic N) is 1. The van der Waals surface area contributed by atoms with Gasteiger partial charge in [-0.1, -0.05) is 25.5 Å². The summed E-state index contributed by atoms with van der Waals surface area (Å²) in [6.45, 7) is 2.26. The van der Waals surface area contributed by atoms with Crippen LogP contribution in [0, 0.1) is 11.3 Å². The van der Waals surface area contributed by atoms with E-state index in [0.29, 0.717) is 17.9 Å². The number of hydrogen-bond donors (Lipinski definition) is 3. The highest BCUT2D eigenvalue weighted by molar-refractivity contribution is 5.81. The van der Waals surface area contributed by atoms with Crippen LogP contribution in [0.25, 0.3) is 0 Å². The van der Waals surface area contributed by atoms with Gasteiger partial charge in [0.2, 0.25) is 0 Å². The van der Waals surface area contributed by atoms with Gasteiger partial charge in [0, 0.05) is 6.54 Å². The standard InChI is InChI=1S/C14H18N4O3/c1-2-3-8-16-14(20)18-17-13(19)10-21-12-7-5-4-6-11(12)9-15/h4-7H,2-3,8,10H2,1H3,(H,17,19)(H2,16,18,20). The fourth-order valence-corrected chi connectivity index (χ4v) is 1.41. The molecule has 1 rings (SSSR count). The van der Waals surface area contributed by atoms with Crippen LogP contribution in [0.15, 0.2) is 24.3 Å². The third-order valence-corrected chi connectivity index (χ3v) is 2.50. The molecule has 0 aliphatic heterocycles. The Morgan fingerprint density at radius 1 is 1.29 bits per heavy atom. The average molecular weight is 290 g/mol. The minimum atomic E-state index is -0.520. The van der Waals surface area contributed by atoms with Crippen LogP contribution in [0.2, 0.25) is 0 Å². The quantitative estimate of drug-likeness (QED) is 0.538. The van der Waals surface area contributed by atoms with Crippen LogP contribution in [-0.4, -0.2) is 25.1 Å². The van der Waals surface area contributed by atoms with E-state index >= 15 is 0 Å². The Morgan fingerprint density at radius 2 is 2.05 bits per heavy atom. The van der Waals surface area contributed by atoms with Crippen molar-refractivity contribution in [1.82, 2.24) is 16.2 Å². The zero-order chi connectivity index (χ0) is 15.5. The molecule has 0 aliphatic carbocycles. The molecule has 0 aromatic heterocycles. The van der Waals surface area contributed by atoms with Crippen LogP contribution in [-0.2, 0) is 4.79 Å². The Labute approximate surface area is 123 Å². The highest BCUT2D eigenvalue weighted by atomic mass is 16.5. The lowest BCUT2D eigenvalue weighted by Crippen LogP contribution is -2.48. The summed E-state index contributed by atoms with van der Waals surface area (Å²) in [5.74, 6) is -0.198. The van der Waals surface area contributed by atoms with Gasteiger partial charge in [0.05, 0.1) is 5.56 Å². The van der Waals surface area contributed by atoms with Crippen molar-refractivity contribution in [2.75, 3.05) is 13.2 Å². The number of para-hydroxylation sites is 1. The minimum Gasteiger partial charge on any atom is -0.482 e. The Kier molecular flexibility index (Phi) is 7.14. The van der Waals surface area contributed by atoms with Gasteiger partial charge >= 0.3 is 6.03 Å². The predicted octanol–water partition coefficient (Wildman–Crippen LogP) is 1.07. The summed E-state index contributed by atoms with van der Waals surface area (Å²) >= 11 is 0. The normalized spacial score (nSPS) is 9.33. The molecule has 0 saturated carbocycles. The Bertz CT molecular complexity index is 525. The number of nitrogens with one attached hydrogen (secondary N) is 3. The molecule has 21 heavy (non-hydrogen) atoms. The topological polar surface area (TPSA) is 103 Å². The number of hydrogen-bond acceptors (Lipinski definition) is 4. The molecule has 1 aromatic rings. The van der Waals surface area contributed by atoms with Crippen molar-refractivity contribution in [3.8, 4) is 11.8 Å². The number of hydrazine groups is 1. The summed E-state index contributed by atoms with van der Waals surface area (Å²) in [7, 11) is 0. The third kappa shape index (κ3) is 6.29. The number of amides is 3. The number of rotatable bonds is 6. The van der Waals surface area contributed by atoms with E-state index in [0.717, 1.165) is 12.8 Å². The number of carbonyl (C=O) groups excluding carboxylic acids is 2. The first-order chi connectivity index (χ1) is 10.2. The van der Waals surface area contributed by atoms with Gasteiger partial charge in [-0.15, -0.1) is 0 Å². The second-order valence-electron chi connectivity index (χ2n) is 4.18. The fourth-order valence-electron chi connectivity index (χ4n) is 1.41. The smallest absolute Gasteiger partial charge is 0.333 e. The summed E-state index contributed by atoms with van der Waals surface area (Å²) in [5, 5.41) is 11.4. The monoisotopic (exact) mass is 290 g/mol. The van der Waals surface area contributed by atoms with E-state index in [4.69, 9.17) is 10.00 Å². The maximum absolute atomic E-state index is 11.5. The van der Waals surface area contributed by atoms with Gasteiger partial charge < -0.3 is 10.1 Å². The molecular weight excluding hydrogens is 272 g/mol. The first-order valence-electron chi connectivity index (χ1n) is 6.62. The van der Waals surface area contributed by atoms with E-state index in [1.54, 1.807) is 24.3 Å². The van der Waals surface area contributed by atoms with Crippen molar-refractivity contribution in [3.05, 3.63) is 29.8 Å². The highest BCUT2D eigenvalue weighted by Gasteiger charge is 2.07. The fraction of sp³-hybridized carbons (Fsp3) is 0.357. The van der Waals surface area contributed by atoms with Gasteiger partial charge in [0.15, 0.2) is 6.61 Å². The minimum absolute atomic E-state index is 0.298. The highest BCUT2D eigenvalue weighted by Crippen LogP contribution is 2.15. The Balaban J connectivity index is 2.28. The molecule has 0 radical (unpaired) electrons. The molecule has 0 spiro atoms. The molecule has 0 aliphatic rings. The number of ether oxygens (including phenoxy) is 1. The van der Waals surface area contributed by atoms with Crippen molar-refractivity contribution < 1.29 is 14.3 Å². The molecule has 3 N–H and O–H groups in total. The second-order valence-corrected chi connectivity index (χ2v) is 4.18. The molecule has 0 atom stereocenters. The SMILES string of the molecule is CCCCNC(=O)NNC(=O)COc1ccccc1C#N. The number of benzene rings is 1. The van der Waals surface area contributed by atoms with Gasteiger partial charge in [-0.3, -0.25) is 10.2 Å². The third-order valence-electron chi connectivity index (χ3n) is 2.50. The molecular formula is C14H18N4O3. The van der Waals surface area contributed by atoms with Gasteiger partial charge in [-0.05, 0) is 18.6 Å². The van der Waals surface area contributed by atoms with Crippen molar-refractivity contribution in [1.29, 1.82) is 5.26 Å². The van der Waals surface area contributed by atoms with Crippen molar-refractivity contribution in [3.63, 3.8) is 0 Å². The predicted molar refractivity (Wildman–Crippen MR) is 76.2 cm³/mol. The first kappa shape index (κ1) is 16.3. The van der Waals surface area contributed by atoms with E-state index in [1.807, 2.05) is 13.0 Å². The van der Waals surface area contributed by atoms with Crippen LogP contribution in [0.5, 0.6) is 5.75 Å². The first-order valence-corrected chi connectivity index (χ1v) is 6.62. The zero-order valence-electron chi connectivity index (χ0n) is 11.8. The zero-order valence-corrected chi connectivity index (χ0v) is 11.8. The lowest BCUT2D eigenvalue weighted by atomic mass is 10.2. The summed E-state index contributed by atoms with van der Waals surface area (Å²) in [4.78, 5) is 22.8. The summed E-state index contributed by atoms with van der Waals surface area (Å²) < 4.78 is 5.21. The molecule has 7 heteroatoms. The summed E-state index contributed by atoms with van der Waals surface area (Å²) in [6.07, 6.45) is 1.84. The Morgan fingerprint density at radius 3 is 2.76 bits per heavy atom. The van der Waals surface area contributed by atoms with Crippen molar-refractivity contribution >= 4 is 11.9 Å². The molecule has 0 bridgehead atoms. The van der Waals surface area contributed by atoms with Crippen LogP contribution in [0.1, 0.15) is 25.3 Å². The van der Waals surface area contributed by atoms with E-state index in [-0.39, 0.29) is 6.61 Å². The van der Waals surface area contributed by atoms with Crippen LogP contribution < -0.4 is 20.9 Å². The van der Waals surface area contributed by atoms with Crippen molar-refractivity contribution in [2.45, 2.75) is 19.8 Å². The maximum atomic E-state index is 11.5. The number of carbonyl (C=O) groups is 2. The lowest BCUT2D eigenvalue weighted by molar-refractivity contribution is -0.123. The molecule has 112 valence electrons. The van der Waals surface area contributed by atoms with Gasteiger partial charge in [0.1, 0.15) is 11.8 Å². The van der Waals surface area contributed by atoms with E-state index in [1.165, 1.54) is 0 Å². The van der Waals surface area contributed by atoms with E-state index in [9.17, 15) is 9.59 Å². The average Bonchev–Trinajstić information content (AvgIpc) is 2.51. The largest absolute Gasteiger partial charge is 0.482 e. The molecule has 0 unspecified atom stereocenters. The molecule has 3 amide bonds. The van der Waals surface area contributed by atoms with Crippen LogP contribution >= 0.6 is 0 Å². The molecule has 7 nitrogen and oxygen atoms in total. The maximum Gasteiger partial charge on any atom is 0.333 e. The van der Waals surface area contributed by atoms with E-state index in [2.05, 4.69) is 16.2 Å². The summed E-state index contributed by atoms with van der Waals surface area (Å²) in [6, 6.07) is 8.07. The number of nitriles is 1. The molecule has 0 heterocycles. The lowest BCUT2D eigenvalue weighted by Gasteiger charge is -2.10. The number of unbranched alkanes of at least 4 members (excludes halogenated alkanes) is 1. The Hall–Kier alpha value is -2.75.